The molecule has 0 unspecified atom stereocenters. The van der Waals surface area contributed by atoms with Gasteiger partial charge in [0.15, 0.2) is 5.65 Å². The van der Waals surface area contributed by atoms with Crippen molar-refractivity contribution in [1.29, 1.82) is 0 Å². The molecule has 0 atom stereocenters. The third-order valence-electron chi connectivity index (χ3n) is 6.54. The molecule has 1 saturated carbocycles. The lowest BCUT2D eigenvalue weighted by atomic mass is 10.2. The first-order valence-corrected chi connectivity index (χ1v) is 11.4. The minimum atomic E-state index is 0.505. The van der Waals surface area contributed by atoms with E-state index in [1.54, 1.807) is 0 Å². The van der Waals surface area contributed by atoms with Gasteiger partial charge < -0.3 is 15.2 Å². The number of anilines is 3. The summed E-state index contributed by atoms with van der Waals surface area (Å²) < 4.78 is 5.66. The van der Waals surface area contributed by atoms with Crippen LogP contribution in [-0.4, -0.2) is 40.1 Å². The Bertz CT molecular complexity index is 1470. The smallest absolute Gasteiger partial charge is 0.161 e. The van der Waals surface area contributed by atoms with Crippen molar-refractivity contribution in [2.75, 3.05) is 10.6 Å². The molecule has 5 aromatic heterocycles. The summed E-state index contributed by atoms with van der Waals surface area (Å²) in [4.78, 5) is 9.63. The molecule has 0 radical (unpaired) electrons. The van der Waals surface area contributed by atoms with Crippen LogP contribution in [0.2, 0.25) is 0 Å². The van der Waals surface area contributed by atoms with E-state index >= 15 is 0 Å². The number of fused-ring (bicyclic) bond motifs is 2. The van der Waals surface area contributed by atoms with Crippen LogP contribution in [0.5, 0.6) is 0 Å². The van der Waals surface area contributed by atoms with Gasteiger partial charge in [0, 0.05) is 50.9 Å². The van der Waals surface area contributed by atoms with Gasteiger partial charge in [-0.1, -0.05) is 12.8 Å². The third-order valence-corrected chi connectivity index (χ3v) is 6.54. The predicted octanol–water partition coefficient (Wildman–Crippen LogP) is 4.35. The van der Waals surface area contributed by atoms with Gasteiger partial charge in [0.25, 0.3) is 0 Å². The molecule has 5 aromatic rings. The summed E-state index contributed by atoms with van der Waals surface area (Å²) in [5, 5.41) is 18.5. The summed E-state index contributed by atoms with van der Waals surface area (Å²) in [6.07, 6.45) is 8.88. The van der Waals surface area contributed by atoms with Gasteiger partial charge >= 0.3 is 0 Å². The molecule has 0 aromatic carbocycles. The molecule has 9 heteroatoms. The average molecular weight is 442 g/mol. The molecule has 0 saturated heterocycles. The minimum absolute atomic E-state index is 0.505. The molecule has 33 heavy (non-hydrogen) atoms. The van der Waals surface area contributed by atoms with Gasteiger partial charge in [-0.25, -0.2) is 9.97 Å². The standard InChI is InChI=1S/C24H27N9/c1-31-11-10-15-8-9-18(27-23(15)31)20-13-22(32(2)30-20)28-21-12-19(26-16-6-4-5-7-16)17-14-25-33(3)24(17)29-21/h8-14,16H,4-7H2,1-3H3,(H2,26,28,29). The highest BCUT2D eigenvalue weighted by atomic mass is 15.3. The van der Waals surface area contributed by atoms with E-state index in [9.17, 15) is 0 Å². The monoisotopic (exact) mass is 441 g/mol. The maximum absolute atomic E-state index is 4.82. The highest BCUT2D eigenvalue weighted by Gasteiger charge is 2.18. The van der Waals surface area contributed by atoms with Crippen molar-refractivity contribution in [2.45, 2.75) is 31.7 Å². The van der Waals surface area contributed by atoms with Gasteiger partial charge in [0.05, 0.1) is 23.0 Å². The number of aromatic nitrogens is 7. The summed E-state index contributed by atoms with van der Waals surface area (Å²) in [7, 11) is 5.85. The second-order valence-electron chi connectivity index (χ2n) is 8.89. The number of nitrogens with zero attached hydrogens (tertiary/aromatic N) is 7. The molecule has 0 aliphatic heterocycles. The molecule has 2 N–H and O–H groups in total. The van der Waals surface area contributed by atoms with Crippen LogP contribution in [0.3, 0.4) is 0 Å². The summed E-state index contributed by atoms with van der Waals surface area (Å²) in [6, 6.07) is 10.7. The topological polar surface area (TPSA) is 90.4 Å². The van der Waals surface area contributed by atoms with Gasteiger partial charge in [0.2, 0.25) is 0 Å². The zero-order chi connectivity index (χ0) is 22.5. The minimum Gasteiger partial charge on any atom is -0.382 e. The second kappa shape index (κ2) is 7.61. The van der Waals surface area contributed by atoms with Crippen LogP contribution < -0.4 is 10.6 Å². The molecule has 1 aliphatic rings. The fourth-order valence-corrected chi connectivity index (χ4v) is 4.71. The van der Waals surface area contributed by atoms with Crippen molar-refractivity contribution in [1.82, 2.24) is 34.1 Å². The fourth-order valence-electron chi connectivity index (χ4n) is 4.71. The summed E-state index contributed by atoms with van der Waals surface area (Å²) >= 11 is 0. The van der Waals surface area contributed by atoms with E-state index in [0.717, 1.165) is 50.8 Å². The molecule has 9 nitrogen and oxygen atoms in total. The van der Waals surface area contributed by atoms with Crippen LogP contribution in [0.4, 0.5) is 17.3 Å². The lowest BCUT2D eigenvalue weighted by Crippen LogP contribution is -2.15. The normalized spacial score (nSPS) is 14.5. The molecule has 6 rings (SSSR count). The van der Waals surface area contributed by atoms with Gasteiger partial charge in [-0.15, -0.1) is 0 Å². The molecule has 5 heterocycles. The van der Waals surface area contributed by atoms with E-state index in [1.165, 1.54) is 25.7 Å². The van der Waals surface area contributed by atoms with Crippen molar-refractivity contribution in [3.8, 4) is 11.4 Å². The molecule has 0 amide bonds. The van der Waals surface area contributed by atoms with Gasteiger partial charge in [-0.2, -0.15) is 10.2 Å². The summed E-state index contributed by atoms with van der Waals surface area (Å²) in [6.45, 7) is 0. The lowest BCUT2D eigenvalue weighted by Gasteiger charge is -2.16. The number of hydrogen-bond donors (Lipinski definition) is 2. The van der Waals surface area contributed by atoms with Crippen molar-refractivity contribution in [3.05, 3.63) is 42.7 Å². The molecule has 168 valence electrons. The Hall–Kier alpha value is -3.88. The molecule has 1 fully saturated rings. The second-order valence-corrected chi connectivity index (χ2v) is 8.89. The number of rotatable bonds is 5. The number of aryl methyl sites for hydroxylation is 3. The largest absolute Gasteiger partial charge is 0.382 e. The zero-order valence-corrected chi connectivity index (χ0v) is 19.1. The van der Waals surface area contributed by atoms with Crippen molar-refractivity contribution < 1.29 is 0 Å². The maximum atomic E-state index is 4.82. The molecule has 0 bridgehead atoms. The van der Waals surface area contributed by atoms with Crippen LogP contribution in [0.15, 0.2) is 42.7 Å². The molecular formula is C24H27N9. The maximum Gasteiger partial charge on any atom is 0.161 e. The van der Waals surface area contributed by atoms with Crippen LogP contribution in [0.25, 0.3) is 33.5 Å². The van der Waals surface area contributed by atoms with Crippen molar-refractivity contribution in [2.24, 2.45) is 21.1 Å². The Kier molecular flexibility index (Phi) is 4.56. The molecule has 0 spiro atoms. The first-order valence-electron chi connectivity index (χ1n) is 11.4. The van der Waals surface area contributed by atoms with Crippen LogP contribution in [0.1, 0.15) is 25.7 Å². The Morgan fingerprint density at radius 2 is 1.76 bits per heavy atom. The number of nitrogens with one attached hydrogen (secondary N) is 2. The molecular weight excluding hydrogens is 414 g/mol. The van der Waals surface area contributed by atoms with Gasteiger partial charge in [-0.05, 0) is 31.0 Å². The third kappa shape index (κ3) is 3.49. The Morgan fingerprint density at radius 3 is 2.61 bits per heavy atom. The quantitative estimate of drug-likeness (QED) is 0.421. The van der Waals surface area contributed by atoms with E-state index in [1.807, 2.05) is 59.6 Å². The SMILES string of the molecule is Cn1nc(-c2ccc3ccn(C)c3n2)cc1Nc1cc(NC2CCCC2)c2cnn(C)c2n1. The van der Waals surface area contributed by atoms with Crippen molar-refractivity contribution >= 4 is 39.4 Å². The van der Waals surface area contributed by atoms with Crippen LogP contribution >= 0.6 is 0 Å². The van der Waals surface area contributed by atoms with E-state index in [-0.39, 0.29) is 0 Å². The zero-order valence-electron chi connectivity index (χ0n) is 19.1. The first kappa shape index (κ1) is 19.8. The lowest BCUT2D eigenvalue weighted by molar-refractivity contribution is 0.756. The van der Waals surface area contributed by atoms with Gasteiger partial charge in [0.1, 0.15) is 23.0 Å². The van der Waals surface area contributed by atoms with Crippen LogP contribution in [-0.2, 0) is 21.1 Å². The number of pyridine rings is 2. The highest BCUT2D eigenvalue weighted by Crippen LogP contribution is 2.31. The fraction of sp³-hybridized carbons (Fsp3) is 0.333. The Morgan fingerprint density at radius 1 is 0.909 bits per heavy atom. The van der Waals surface area contributed by atoms with E-state index in [4.69, 9.17) is 15.1 Å². The highest BCUT2D eigenvalue weighted by molar-refractivity contribution is 5.91. The predicted molar refractivity (Wildman–Crippen MR) is 131 cm³/mol. The van der Waals surface area contributed by atoms with Crippen molar-refractivity contribution in [3.63, 3.8) is 0 Å². The summed E-state index contributed by atoms with van der Waals surface area (Å²) in [5.41, 5.74) is 4.51. The average Bonchev–Trinajstić information content (AvgIpc) is 3.59. The summed E-state index contributed by atoms with van der Waals surface area (Å²) in [5.74, 6) is 1.60. The first-order chi connectivity index (χ1) is 16.0. The van der Waals surface area contributed by atoms with E-state index in [2.05, 4.69) is 33.9 Å². The van der Waals surface area contributed by atoms with E-state index in [0.29, 0.717) is 6.04 Å². The van der Waals surface area contributed by atoms with Crippen LogP contribution in [0, 0.1) is 0 Å². The van der Waals surface area contributed by atoms with E-state index < -0.39 is 0 Å². The number of hydrogen-bond acceptors (Lipinski definition) is 6. The Labute approximate surface area is 191 Å². The Balaban J connectivity index is 1.34. The molecule has 1 aliphatic carbocycles. The van der Waals surface area contributed by atoms with Gasteiger partial charge in [-0.3, -0.25) is 9.36 Å².